The van der Waals surface area contributed by atoms with Crippen molar-refractivity contribution in [1.29, 1.82) is 0 Å². The van der Waals surface area contributed by atoms with Crippen LogP contribution in [-0.2, 0) is 37.5 Å². The standard InChI is InChI=1S/C8H4NO2.Y/c10-7-5-3-1-2-4-6(5)9-8(7)11;/h2-4H,(H,9,10,11);/q-1;+3. The number of benzene rings is 1. The third kappa shape index (κ3) is 1.34. The SMILES string of the molecule is O=C1Nc2cc[c-]cc2C1=O.[Y+3]. The molecule has 1 aliphatic heterocycles. The van der Waals surface area contributed by atoms with E-state index in [9.17, 15) is 9.59 Å². The molecule has 0 saturated carbocycles. The number of carbonyl (C=O) groups excluding carboxylic acids is 2. The van der Waals surface area contributed by atoms with E-state index in [1.165, 1.54) is 6.07 Å². The number of amides is 1. The van der Waals surface area contributed by atoms with Crippen LogP contribution in [0, 0.1) is 6.07 Å². The minimum absolute atomic E-state index is 0. The van der Waals surface area contributed by atoms with E-state index in [-0.39, 0.29) is 32.7 Å². The topological polar surface area (TPSA) is 46.2 Å². The molecule has 0 atom stereocenters. The molecule has 1 amide bonds. The van der Waals surface area contributed by atoms with Gasteiger partial charge in [-0.2, -0.15) is 18.2 Å². The molecule has 0 spiro atoms. The Hall–Kier alpha value is -0.536. The molecule has 0 unspecified atom stereocenters. The van der Waals surface area contributed by atoms with Gasteiger partial charge in [0.1, 0.15) is 0 Å². The van der Waals surface area contributed by atoms with Crippen LogP contribution in [0.1, 0.15) is 10.4 Å². The minimum Gasteiger partial charge on any atom is -0.343 e. The number of fused-ring (bicyclic) bond motifs is 1. The van der Waals surface area contributed by atoms with Gasteiger partial charge >= 0.3 is 32.7 Å². The van der Waals surface area contributed by atoms with Crippen molar-refractivity contribution >= 4 is 17.4 Å². The first-order valence-electron chi connectivity index (χ1n) is 3.15. The molecule has 0 aromatic heterocycles. The molecule has 54 valence electrons. The van der Waals surface area contributed by atoms with Crippen molar-refractivity contribution in [3.8, 4) is 0 Å². The molecule has 1 N–H and O–H groups in total. The molecule has 3 nitrogen and oxygen atoms in total. The van der Waals surface area contributed by atoms with Crippen LogP contribution in [0.5, 0.6) is 0 Å². The summed E-state index contributed by atoms with van der Waals surface area (Å²) in [5, 5.41) is 2.44. The van der Waals surface area contributed by atoms with Crippen LogP contribution in [0.2, 0.25) is 0 Å². The van der Waals surface area contributed by atoms with Crippen molar-refractivity contribution < 1.29 is 42.3 Å². The van der Waals surface area contributed by atoms with Gasteiger partial charge in [0, 0.05) is 0 Å². The maximum Gasteiger partial charge on any atom is 3.00 e. The van der Waals surface area contributed by atoms with Crippen molar-refractivity contribution in [2.24, 2.45) is 0 Å². The molecular weight excluding hydrogens is 231 g/mol. The van der Waals surface area contributed by atoms with Crippen LogP contribution >= 0.6 is 0 Å². The molecule has 0 radical (unpaired) electrons. The van der Waals surface area contributed by atoms with Crippen LogP contribution in [0.4, 0.5) is 5.69 Å². The summed E-state index contributed by atoms with van der Waals surface area (Å²) in [6, 6.07) is 7.54. The summed E-state index contributed by atoms with van der Waals surface area (Å²) in [4.78, 5) is 21.7. The first-order chi connectivity index (χ1) is 5.29. The average molecular weight is 235 g/mol. The number of rotatable bonds is 0. The van der Waals surface area contributed by atoms with Gasteiger partial charge in [-0.1, -0.05) is 11.3 Å². The Morgan fingerprint density at radius 2 is 2.08 bits per heavy atom. The number of Topliss-reactive ketones (excluding diaryl/α,β-unsaturated/α-hetero) is 1. The van der Waals surface area contributed by atoms with Gasteiger partial charge in [0.05, 0.1) is 0 Å². The zero-order chi connectivity index (χ0) is 7.84. The van der Waals surface area contributed by atoms with Gasteiger partial charge < -0.3 is 5.32 Å². The summed E-state index contributed by atoms with van der Waals surface area (Å²) >= 11 is 0. The number of hydrogen-bond donors (Lipinski definition) is 1. The third-order valence-corrected chi connectivity index (χ3v) is 1.56. The van der Waals surface area contributed by atoms with Crippen LogP contribution in [-0.4, -0.2) is 11.7 Å². The number of nitrogens with one attached hydrogen (secondary N) is 1. The van der Waals surface area contributed by atoms with Crippen LogP contribution in [0.25, 0.3) is 0 Å². The Kier molecular flexibility index (Phi) is 2.75. The minimum atomic E-state index is -0.556. The maximum absolute atomic E-state index is 11.0. The number of carbonyl (C=O) groups is 2. The summed E-state index contributed by atoms with van der Waals surface area (Å²) in [5.41, 5.74) is 0.997. The molecule has 0 fully saturated rings. The Morgan fingerprint density at radius 1 is 1.33 bits per heavy atom. The molecule has 0 aliphatic carbocycles. The molecule has 0 bridgehead atoms. The van der Waals surface area contributed by atoms with Crippen molar-refractivity contribution in [2.75, 3.05) is 5.32 Å². The van der Waals surface area contributed by atoms with E-state index in [2.05, 4.69) is 11.4 Å². The Morgan fingerprint density at radius 3 is 2.75 bits per heavy atom. The fraction of sp³-hybridized carbons (Fsp3) is 0. The third-order valence-electron chi connectivity index (χ3n) is 1.56. The molecular formula is C8H4NO2Y+2. The molecule has 1 aliphatic rings. The average Bonchev–Trinajstić information content (AvgIpc) is 2.30. The summed E-state index contributed by atoms with van der Waals surface area (Å²) in [5.74, 6) is -1.03. The van der Waals surface area contributed by atoms with Gasteiger partial charge in [-0.3, -0.25) is 9.59 Å². The maximum atomic E-state index is 11.0. The predicted molar refractivity (Wildman–Crippen MR) is 38.2 cm³/mol. The van der Waals surface area contributed by atoms with E-state index >= 15 is 0 Å². The molecule has 1 aromatic rings. The van der Waals surface area contributed by atoms with Gasteiger partial charge in [-0.05, 0) is 0 Å². The van der Waals surface area contributed by atoms with Crippen molar-refractivity contribution in [1.82, 2.24) is 0 Å². The zero-order valence-corrected chi connectivity index (χ0v) is 8.96. The van der Waals surface area contributed by atoms with E-state index < -0.39 is 11.7 Å². The van der Waals surface area contributed by atoms with Crippen LogP contribution in [0.15, 0.2) is 18.2 Å². The molecule has 12 heavy (non-hydrogen) atoms. The van der Waals surface area contributed by atoms with Gasteiger partial charge in [0.15, 0.2) is 5.78 Å². The number of ketones is 1. The summed E-state index contributed by atoms with van der Waals surface area (Å²) in [7, 11) is 0. The summed E-state index contributed by atoms with van der Waals surface area (Å²) in [6.07, 6.45) is 0. The van der Waals surface area contributed by atoms with E-state index in [0.717, 1.165) is 0 Å². The second-order valence-electron chi connectivity index (χ2n) is 2.25. The summed E-state index contributed by atoms with van der Waals surface area (Å²) < 4.78 is 0. The largest absolute Gasteiger partial charge is 3.00 e. The Bertz CT molecular complexity index is 349. The Labute approximate surface area is 94.4 Å². The van der Waals surface area contributed by atoms with Crippen molar-refractivity contribution in [2.45, 2.75) is 0 Å². The predicted octanol–water partition coefficient (Wildman–Crippen LogP) is 0.619. The number of anilines is 1. The second kappa shape index (κ2) is 3.46. The summed E-state index contributed by atoms with van der Waals surface area (Å²) in [6.45, 7) is 0. The van der Waals surface area contributed by atoms with E-state index in [4.69, 9.17) is 0 Å². The van der Waals surface area contributed by atoms with Crippen LogP contribution < -0.4 is 5.32 Å². The molecule has 0 saturated heterocycles. The smallest absolute Gasteiger partial charge is 0.343 e. The monoisotopic (exact) mass is 235 g/mol. The fourth-order valence-electron chi connectivity index (χ4n) is 1.03. The normalized spacial score (nSPS) is 13.3. The van der Waals surface area contributed by atoms with Gasteiger partial charge in [-0.25, -0.2) is 0 Å². The molecule has 4 heteroatoms. The number of hydrogen-bond acceptors (Lipinski definition) is 2. The van der Waals surface area contributed by atoms with Crippen LogP contribution in [0.3, 0.4) is 0 Å². The fourth-order valence-corrected chi connectivity index (χ4v) is 1.03. The zero-order valence-electron chi connectivity index (χ0n) is 6.13. The van der Waals surface area contributed by atoms with Gasteiger partial charge in [0.25, 0.3) is 5.91 Å². The first-order valence-corrected chi connectivity index (χ1v) is 3.15. The second-order valence-corrected chi connectivity index (χ2v) is 2.25. The quantitative estimate of drug-likeness (QED) is 0.529. The van der Waals surface area contributed by atoms with Crippen molar-refractivity contribution in [3.63, 3.8) is 0 Å². The van der Waals surface area contributed by atoms with E-state index in [0.29, 0.717) is 11.3 Å². The van der Waals surface area contributed by atoms with Gasteiger partial charge in [-0.15, -0.1) is 6.07 Å². The van der Waals surface area contributed by atoms with E-state index in [1.54, 1.807) is 12.1 Å². The molecule has 1 aromatic carbocycles. The van der Waals surface area contributed by atoms with Crippen molar-refractivity contribution in [3.05, 3.63) is 29.8 Å². The molecule has 2 rings (SSSR count). The van der Waals surface area contributed by atoms with Gasteiger partial charge in [0.2, 0.25) is 0 Å². The molecule has 1 heterocycles. The van der Waals surface area contributed by atoms with E-state index in [1.807, 2.05) is 0 Å². The Balaban J connectivity index is 0.000000720. The first kappa shape index (κ1) is 9.55.